The molecule has 1 aromatic rings. The quantitative estimate of drug-likeness (QED) is 0.657. The van der Waals surface area contributed by atoms with E-state index in [0.29, 0.717) is 13.2 Å². The van der Waals surface area contributed by atoms with Gasteiger partial charge in [-0.15, -0.1) is 0 Å². The van der Waals surface area contributed by atoms with Crippen molar-refractivity contribution in [2.45, 2.75) is 6.54 Å². The largest absolute Gasteiger partial charge is 0.493 e. The number of para-hydroxylation sites is 1. The summed E-state index contributed by atoms with van der Waals surface area (Å²) in [5.74, 6) is 1.59. The minimum atomic E-state index is 0.637. The van der Waals surface area contributed by atoms with Crippen molar-refractivity contribution in [2.24, 2.45) is 0 Å². The van der Waals surface area contributed by atoms with E-state index in [4.69, 9.17) is 14.2 Å². The molecule has 5 nitrogen and oxygen atoms in total. The molecule has 1 rings (SSSR count). The van der Waals surface area contributed by atoms with Gasteiger partial charge in [0.15, 0.2) is 11.5 Å². The van der Waals surface area contributed by atoms with Crippen LogP contribution in [0.15, 0.2) is 18.2 Å². The minimum absolute atomic E-state index is 0.637. The molecule has 114 valence electrons. The molecule has 0 spiro atoms. The van der Waals surface area contributed by atoms with Crippen molar-refractivity contribution in [1.29, 1.82) is 0 Å². The average Bonchev–Trinajstić information content (AvgIpc) is 2.44. The molecule has 0 aliphatic rings. The molecule has 0 heterocycles. The number of hydrogen-bond donors (Lipinski definition) is 1. The Labute approximate surface area is 121 Å². The van der Waals surface area contributed by atoms with Crippen LogP contribution in [0.2, 0.25) is 0 Å². The highest BCUT2D eigenvalue weighted by Crippen LogP contribution is 2.30. The normalized spacial score (nSPS) is 10.8. The Kier molecular flexibility index (Phi) is 8.02. The van der Waals surface area contributed by atoms with Gasteiger partial charge in [0.1, 0.15) is 6.61 Å². The summed E-state index contributed by atoms with van der Waals surface area (Å²) in [5, 5.41) is 3.32. The summed E-state index contributed by atoms with van der Waals surface area (Å²) in [6.07, 6.45) is 0. The van der Waals surface area contributed by atoms with Crippen molar-refractivity contribution < 1.29 is 14.2 Å². The molecule has 0 aliphatic heterocycles. The smallest absolute Gasteiger partial charge is 0.165 e. The lowest BCUT2D eigenvalue weighted by Gasteiger charge is -2.17. The molecule has 0 amide bonds. The Bertz CT molecular complexity index is 383. The van der Waals surface area contributed by atoms with Gasteiger partial charge in [-0.1, -0.05) is 12.1 Å². The zero-order chi connectivity index (χ0) is 14.8. The first-order valence-electron chi connectivity index (χ1n) is 6.82. The highest BCUT2D eigenvalue weighted by molar-refractivity contribution is 5.46. The Morgan fingerprint density at radius 3 is 2.60 bits per heavy atom. The molecule has 0 unspecified atom stereocenters. The third kappa shape index (κ3) is 5.77. The third-order valence-electron chi connectivity index (χ3n) is 2.86. The third-order valence-corrected chi connectivity index (χ3v) is 2.86. The first-order valence-corrected chi connectivity index (χ1v) is 6.82. The number of rotatable bonds is 10. The number of methoxy groups -OCH3 is 2. The maximum atomic E-state index is 5.89. The molecular weight excluding hydrogens is 256 g/mol. The van der Waals surface area contributed by atoms with Gasteiger partial charge in [0.05, 0.1) is 13.7 Å². The Balaban J connectivity index is 2.65. The SMILES string of the molecule is COCCNCc1cccc(OC)c1OCCN(C)C. The lowest BCUT2D eigenvalue weighted by molar-refractivity contribution is 0.198. The van der Waals surface area contributed by atoms with E-state index in [1.165, 1.54) is 0 Å². The van der Waals surface area contributed by atoms with E-state index in [2.05, 4.69) is 10.2 Å². The second kappa shape index (κ2) is 9.58. The Morgan fingerprint density at radius 1 is 1.15 bits per heavy atom. The van der Waals surface area contributed by atoms with Crippen molar-refractivity contribution in [1.82, 2.24) is 10.2 Å². The van der Waals surface area contributed by atoms with Crippen LogP contribution < -0.4 is 14.8 Å². The fraction of sp³-hybridized carbons (Fsp3) is 0.600. The molecule has 0 saturated carbocycles. The van der Waals surface area contributed by atoms with Gasteiger partial charge in [-0.25, -0.2) is 0 Å². The summed E-state index contributed by atoms with van der Waals surface area (Å²) in [7, 11) is 7.41. The Morgan fingerprint density at radius 2 is 1.95 bits per heavy atom. The highest BCUT2D eigenvalue weighted by Gasteiger charge is 2.10. The van der Waals surface area contributed by atoms with Crippen molar-refractivity contribution in [3.05, 3.63) is 23.8 Å². The van der Waals surface area contributed by atoms with Gasteiger partial charge in [0, 0.05) is 32.3 Å². The highest BCUT2D eigenvalue weighted by atomic mass is 16.5. The number of hydrogen-bond acceptors (Lipinski definition) is 5. The standard InChI is InChI=1S/C15H26N2O3/c1-17(2)9-11-20-15-13(12-16-8-10-18-3)6-5-7-14(15)19-4/h5-7,16H,8-12H2,1-4H3. The molecule has 0 bridgehead atoms. The van der Waals surface area contributed by atoms with Gasteiger partial charge in [-0.2, -0.15) is 0 Å². The molecule has 0 aliphatic carbocycles. The van der Waals surface area contributed by atoms with Gasteiger partial charge in [-0.3, -0.25) is 0 Å². The Hall–Kier alpha value is -1.30. The van der Waals surface area contributed by atoms with Gasteiger partial charge in [0.2, 0.25) is 0 Å². The molecule has 0 aromatic heterocycles. The molecule has 0 fully saturated rings. The summed E-state index contributed by atoms with van der Waals surface area (Å²) >= 11 is 0. The van der Waals surface area contributed by atoms with Crippen LogP contribution in [0.5, 0.6) is 11.5 Å². The van der Waals surface area contributed by atoms with Crippen molar-refractivity contribution >= 4 is 0 Å². The zero-order valence-corrected chi connectivity index (χ0v) is 12.9. The van der Waals surface area contributed by atoms with E-state index in [1.807, 2.05) is 32.3 Å². The van der Waals surface area contributed by atoms with Crippen LogP contribution in [0.1, 0.15) is 5.56 Å². The van der Waals surface area contributed by atoms with E-state index in [1.54, 1.807) is 14.2 Å². The van der Waals surface area contributed by atoms with Crippen molar-refractivity contribution in [3.63, 3.8) is 0 Å². The maximum absolute atomic E-state index is 5.89. The van der Waals surface area contributed by atoms with Crippen LogP contribution >= 0.6 is 0 Å². The molecule has 1 aromatic carbocycles. The first-order chi connectivity index (χ1) is 9.69. The predicted octanol–water partition coefficient (Wildman–Crippen LogP) is 1.37. The topological polar surface area (TPSA) is 43.0 Å². The minimum Gasteiger partial charge on any atom is -0.493 e. The zero-order valence-electron chi connectivity index (χ0n) is 12.9. The lowest BCUT2D eigenvalue weighted by atomic mass is 10.2. The van der Waals surface area contributed by atoms with Crippen molar-refractivity contribution in [2.75, 3.05) is 54.6 Å². The summed E-state index contributed by atoms with van der Waals surface area (Å²) in [6.45, 7) is 3.75. The second-order valence-corrected chi connectivity index (χ2v) is 4.77. The molecule has 0 saturated heterocycles. The van der Waals surface area contributed by atoms with Gasteiger partial charge in [0.25, 0.3) is 0 Å². The number of nitrogens with zero attached hydrogens (tertiary/aromatic N) is 1. The maximum Gasteiger partial charge on any atom is 0.165 e. The molecular formula is C15H26N2O3. The molecule has 5 heteroatoms. The van der Waals surface area contributed by atoms with Crippen LogP contribution in [-0.2, 0) is 11.3 Å². The van der Waals surface area contributed by atoms with Crippen LogP contribution in [-0.4, -0.2) is 59.5 Å². The summed E-state index contributed by atoms with van der Waals surface area (Å²) < 4.78 is 16.3. The number of nitrogens with one attached hydrogen (secondary N) is 1. The lowest BCUT2D eigenvalue weighted by Crippen LogP contribution is -2.21. The summed E-state index contributed by atoms with van der Waals surface area (Å²) in [6, 6.07) is 5.95. The average molecular weight is 282 g/mol. The summed E-state index contributed by atoms with van der Waals surface area (Å²) in [5.41, 5.74) is 1.10. The van der Waals surface area contributed by atoms with Gasteiger partial charge < -0.3 is 24.4 Å². The number of ether oxygens (including phenoxy) is 3. The van der Waals surface area contributed by atoms with Gasteiger partial charge in [-0.05, 0) is 20.2 Å². The second-order valence-electron chi connectivity index (χ2n) is 4.77. The fourth-order valence-corrected chi connectivity index (χ4v) is 1.75. The molecule has 0 atom stereocenters. The molecule has 0 radical (unpaired) electrons. The first kappa shape index (κ1) is 16.8. The van der Waals surface area contributed by atoms with E-state index in [0.717, 1.165) is 36.7 Å². The fourth-order valence-electron chi connectivity index (χ4n) is 1.75. The van der Waals surface area contributed by atoms with Crippen molar-refractivity contribution in [3.8, 4) is 11.5 Å². The molecule has 1 N–H and O–H groups in total. The summed E-state index contributed by atoms with van der Waals surface area (Å²) in [4.78, 5) is 2.09. The van der Waals surface area contributed by atoms with Crippen LogP contribution in [0.25, 0.3) is 0 Å². The van der Waals surface area contributed by atoms with E-state index in [9.17, 15) is 0 Å². The molecule has 20 heavy (non-hydrogen) atoms. The predicted molar refractivity (Wildman–Crippen MR) is 80.6 cm³/mol. The number of benzene rings is 1. The van der Waals surface area contributed by atoms with E-state index in [-0.39, 0.29) is 0 Å². The van der Waals surface area contributed by atoms with E-state index < -0.39 is 0 Å². The van der Waals surface area contributed by atoms with Crippen LogP contribution in [0, 0.1) is 0 Å². The van der Waals surface area contributed by atoms with Crippen LogP contribution in [0.3, 0.4) is 0 Å². The van der Waals surface area contributed by atoms with E-state index >= 15 is 0 Å². The van der Waals surface area contributed by atoms with Crippen LogP contribution in [0.4, 0.5) is 0 Å². The van der Waals surface area contributed by atoms with Gasteiger partial charge >= 0.3 is 0 Å². The number of likely N-dealkylation sites (N-methyl/N-ethyl adjacent to an activating group) is 1. The monoisotopic (exact) mass is 282 g/mol.